The number of ether oxygens (including phenoxy) is 1. The molecule has 86 valence electrons. The van der Waals surface area contributed by atoms with Gasteiger partial charge in [-0.1, -0.05) is 17.7 Å². The van der Waals surface area contributed by atoms with Gasteiger partial charge in [-0.05, 0) is 23.7 Å². The number of hydrogen-bond donors (Lipinski definition) is 0. The zero-order chi connectivity index (χ0) is 12.0. The minimum Gasteiger partial charge on any atom is -0.491 e. The summed E-state index contributed by atoms with van der Waals surface area (Å²) in [6.07, 6.45) is 0.126. The van der Waals surface area contributed by atoms with Crippen LogP contribution in [0, 0.1) is 0 Å². The molecule has 0 aliphatic rings. The summed E-state index contributed by atoms with van der Waals surface area (Å²) in [4.78, 5) is 10.8. The maximum Gasteiger partial charge on any atom is 0.257 e. The Labute approximate surface area is 105 Å². The highest BCUT2D eigenvalue weighted by atomic mass is 35.5. The van der Waals surface area contributed by atoms with Gasteiger partial charge in [0, 0.05) is 10.6 Å². The highest BCUT2D eigenvalue weighted by Gasteiger charge is 2.08. The van der Waals surface area contributed by atoms with Crippen molar-refractivity contribution in [1.29, 1.82) is 0 Å². The quantitative estimate of drug-likeness (QED) is 0.443. The number of carbonyl (C=O) groups is 1. The number of benzene rings is 1. The molecular weight excluding hydrogens is 250 g/mol. The van der Waals surface area contributed by atoms with E-state index >= 15 is 0 Å². The molecule has 0 N–H and O–H groups in total. The standard InChI is InChI=1S/C10H11BCl2O3/c11-16-4-3-15-9-6-8(12)2-1-7(9)5-10(13)14/h1-2,6H,3-5,11H2. The van der Waals surface area contributed by atoms with Crippen molar-refractivity contribution in [2.75, 3.05) is 13.2 Å². The van der Waals surface area contributed by atoms with E-state index in [-0.39, 0.29) is 6.42 Å². The van der Waals surface area contributed by atoms with Crippen LogP contribution in [-0.4, -0.2) is 26.5 Å². The van der Waals surface area contributed by atoms with E-state index in [1.807, 2.05) is 0 Å². The molecule has 1 aromatic carbocycles. The van der Waals surface area contributed by atoms with Crippen LogP contribution < -0.4 is 4.74 Å². The first kappa shape index (κ1) is 13.4. The second kappa shape index (κ2) is 6.79. The minimum atomic E-state index is -0.432. The van der Waals surface area contributed by atoms with E-state index in [1.54, 1.807) is 26.2 Å². The molecule has 6 heteroatoms. The molecule has 0 bridgehead atoms. The van der Waals surface area contributed by atoms with Crippen LogP contribution in [0.3, 0.4) is 0 Å². The Kier molecular flexibility index (Phi) is 5.67. The van der Waals surface area contributed by atoms with E-state index in [0.717, 1.165) is 5.56 Å². The van der Waals surface area contributed by atoms with Crippen LogP contribution in [0.25, 0.3) is 0 Å². The Hall–Kier alpha value is -0.705. The van der Waals surface area contributed by atoms with Gasteiger partial charge in [-0.2, -0.15) is 0 Å². The predicted molar refractivity (Wildman–Crippen MR) is 66.0 cm³/mol. The second-order valence-electron chi connectivity index (χ2n) is 3.13. The molecule has 0 heterocycles. The number of rotatable bonds is 6. The van der Waals surface area contributed by atoms with E-state index in [4.69, 9.17) is 32.6 Å². The lowest BCUT2D eigenvalue weighted by Crippen LogP contribution is -2.07. The maximum absolute atomic E-state index is 10.8. The van der Waals surface area contributed by atoms with Gasteiger partial charge in [-0.3, -0.25) is 4.79 Å². The van der Waals surface area contributed by atoms with Crippen molar-refractivity contribution in [2.45, 2.75) is 6.42 Å². The summed E-state index contributed by atoms with van der Waals surface area (Å²) < 4.78 is 10.3. The molecule has 1 aromatic rings. The Morgan fingerprint density at radius 3 is 2.75 bits per heavy atom. The SMILES string of the molecule is BOCCOc1cc(Cl)ccc1CC(=O)Cl. The van der Waals surface area contributed by atoms with Crippen molar-refractivity contribution < 1.29 is 14.2 Å². The van der Waals surface area contributed by atoms with Crippen molar-refractivity contribution in [3.8, 4) is 5.75 Å². The fourth-order valence-corrected chi connectivity index (χ4v) is 1.50. The predicted octanol–water partition coefficient (Wildman–Crippen LogP) is 1.59. The number of hydrogen-bond acceptors (Lipinski definition) is 3. The monoisotopic (exact) mass is 260 g/mol. The lowest BCUT2D eigenvalue weighted by atomic mass is 10.1. The Morgan fingerprint density at radius 1 is 1.38 bits per heavy atom. The van der Waals surface area contributed by atoms with Crippen LogP contribution in [0.1, 0.15) is 5.56 Å². The molecular formula is C10H11BCl2O3. The third kappa shape index (κ3) is 4.43. The van der Waals surface area contributed by atoms with Crippen molar-refractivity contribution in [3.63, 3.8) is 0 Å². The molecule has 0 amide bonds. The number of carbonyl (C=O) groups excluding carboxylic acids is 1. The van der Waals surface area contributed by atoms with Crippen LogP contribution in [0.2, 0.25) is 5.02 Å². The average Bonchev–Trinajstić information content (AvgIpc) is 2.22. The molecule has 1 rings (SSSR count). The zero-order valence-electron chi connectivity index (χ0n) is 8.83. The summed E-state index contributed by atoms with van der Waals surface area (Å²) in [7, 11) is 1.59. The van der Waals surface area contributed by atoms with Crippen molar-refractivity contribution in [2.24, 2.45) is 0 Å². The number of halogens is 2. The molecule has 0 aliphatic heterocycles. The van der Waals surface area contributed by atoms with Crippen LogP contribution in [0.15, 0.2) is 18.2 Å². The Morgan fingerprint density at radius 2 is 2.12 bits per heavy atom. The van der Waals surface area contributed by atoms with Crippen LogP contribution in [0.5, 0.6) is 5.75 Å². The van der Waals surface area contributed by atoms with E-state index in [9.17, 15) is 4.79 Å². The van der Waals surface area contributed by atoms with E-state index in [1.165, 1.54) is 0 Å². The highest BCUT2D eigenvalue weighted by Crippen LogP contribution is 2.24. The van der Waals surface area contributed by atoms with Gasteiger partial charge in [0.05, 0.1) is 13.0 Å². The van der Waals surface area contributed by atoms with Gasteiger partial charge in [-0.15, -0.1) is 0 Å². The molecule has 16 heavy (non-hydrogen) atoms. The van der Waals surface area contributed by atoms with E-state index in [0.29, 0.717) is 24.0 Å². The fraction of sp³-hybridized carbons (Fsp3) is 0.300. The summed E-state index contributed by atoms with van der Waals surface area (Å²) in [6.45, 7) is 0.876. The van der Waals surface area contributed by atoms with Gasteiger partial charge in [0.2, 0.25) is 5.24 Å². The van der Waals surface area contributed by atoms with E-state index < -0.39 is 5.24 Å². The van der Waals surface area contributed by atoms with Gasteiger partial charge >= 0.3 is 0 Å². The highest BCUT2D eigenvalue weighted by molar-refractivity contribution is 6.63. The van der Waals surface area contributed by atoms with Gasteiger partial charge < -0.3 is 9.39 Å². The largest absolute Gasteiger partial charge is 0.491 e. The fourth-order valence-electron chi connectivity index (χ4n) is 1.19. The topological polar surface area (TPSA) is 35.5 Å². The van der Waals surface area contributed by atoms with Gasteiger partial charge in [0.15, 0.2) is 0 Å². The molecule has 3 nitrogen and oxygen atoms in total. The minimum absolute atomic E-state index is 0.126. The van der Waals surface area contributed by atoms with Gasteiger partial charge in [-0.25, -0.2) is 0 Å². The van der Waals surface area contributed by atoms with Crippen molar-refractivity contribution >= 4 is 36.5 Å². The Bertz CT molecular complexity index is 371. The van der Waals surface area contributed by atoms with Crippen molar-refractivity contribution in [1.82, 2.24) is 0 Å². The maximum atomic E-state index is 10.8. The van der Waals surface area contributed by atoms with Crippen LogP contribution >= 0.6 is 23.2 Å². The summed E-state index contributed by atoms with van der Waals surface area (Å²) in [5.41, 5.74) is 0.723. The first-order chi connectivity index (χ1) is 7.63. The normalized spacial score (nSPS) is 10.1. The summed E-state index contributed by atoms with van der Waals surface area (Å²) in [5, 5.41) is 0.122. The average molecular weight is 261 g/mol. The molecule has 0 fully saturated rings. The molecule has 0 saturated carbocycles. The van der Waals surface area contributed by atoms with Gasteiger partial charge in [0.25, 0.3) is 8.05 Å². The van der Waals surface area contributed by atoms with Gasteiger partial charge in [0.1, 0.15) is 12.4 Å². The zero-order valence-corrected chi connectivity index (χ0v) is 10.3. The molecule has 0 spiro atoms. The Balaban J connectivity index is 2.76. The first-order valence-corrected chi connectivity index (χ1v) is 5.47. The third-order valence-electron chi connectivity index (χ3n) is 1.90. The molecule has 0 unspecified atom stereocenters. The molecule has 0 radical (unpaired) electrons. The van der Waals surface area contributed by atoms with Crippen molar-refractivity contribution in [3.05, 3.63) is 28.8 Å². The summed E-state index contributed by atoms with van der Waals surface area (Å²) in [5.74, 6) is 0.568. The first-order valence-electron chi connectivity index (χ1n) is 4.72. The lowest BCUT2D eigenvalue weighted by molar-refractivity contribution is -0.111. The molecule has 0 atom stereocenters. The van der Waals surface area contributed by atoms with Crippen LogP contribution in [-0.2, 0) is 15.9 Å². The smallest absolute Gasteiger partial charge is 0.257 e. The molecule has 0 saturated heterocycles. The summed E-state index contributed by atoms with van der Waals surface area (Å²) in [6, 6.07) is 5.08. The summed E-state index contributed by atoms with van der Waals surface area (Å²) >= 11 is 11.2. The third-order valence-corrected chi connectivity index (χ3v) is 2.27. The second-order valence-corrected chi connectivity index (χ2v) is 3.98. The van der Waals surface area contributed by atoms with Crippen LogP contribution in [0.4, 0.5) is 0 Å². The van der Waals surface area contributed by atoms with E-state index in [2.05, 4.69) is 0 Å². The molecule has 0 aliphatic carbocycles. The lowest BCUT2D eigenvalue weighted by Gasteiger charge is -2.10. The molecule has 0 aromatic heterocycles.